The van der Waals surface area contributed by atoms with Crippen LogP contribution in [-0.2, 0) is 9.47 Å². The molecule has 1 amide bonds. The van der Waals surface area contributed by atoms with Gasteiger partial charge < -0.3 is 24.1 Å². The average molecular weight is 544 g/mol. The lowest BCUT2D eigenvalue weighted by Crippen LogP contribution is -2.38. The Kier molecular flexibility index (Phi) is 7.61. The summed E-state index contributed by atoms with van der Waals surface area (Å²) in [5.41, 5.74) is 2.62. The number of thiocarbonyl (C=S) groups is 1. The van der Waals surface area contributed by atoms with Crippen LogP contribution in [0.25, 0.3) is 11.3 Å². The van der Waals surface area contributed by atoms with Crippen molar-refractivity contribution in [2.75, 3.05) is 43.6 Å². The van der Waals surface area contributed by atoms with Gasteiger partial charge in [-0.25, -0.2) is 4.79 Å². The molecule has 0 bridgehead atoms. The molecule has 2 heterocycles. The Labute approximate surface area is 210 Å². The van der Waals surface area contributed by atoms with Crippen LogP contribution in [-0.4, -0.2) is 50.4 Å². The van der Waals surface area contributed by atoms with E-state index >= 15 is 0 Å². The number of amides is 1. The van der Waals surface area contributed by atoms with Crippen LogP contribution in [0.1, 0.15) is 20.9 Å². The minimum atomic E-state index is -0.488. The summed E-state index contributed by atoms with van der Waals surface area (Å²) >= 11 is 8.77. The lowest BCUT2D eigenvalue weighted by atomic mass is 10.1. The fourth-order valence-corrected chi connectivity index (χ4v) is 3.98. The number of esters is 1. The maximum absolute atomic E-state index is 12.7. The van der Waals surface area contributed by atoms with Gasteiger partial charge >= 0.3 is 5.97 Å². The topological polar surface area (TPSA) is 93.0 Å². The van der Waals surface area contributed by atoms with E-state index in [0.29, 0.717) is 43.3 Å². The number of halogens is 1. The van der Waals surface area contributed by atoms with E-state index in [1.165, 1.54) is 7.11 Å². The Balaban J connectivity index is 1.49. The fourth-order valence-electron chi connectivity index (χ4n) is 3.51. The predicted molar refractivity (Wildman–Crippen MR) is 136 cm³/mol. The summed E-state index contributed by atoms with van der Waals surface area (Å²) in [6, 6.07) is 16.0. The molecule has 2 N–H and O–H groups in total. The molecular formula is C24H22BrN3O5S. The third-order valence-electron chi connectivity index (χ3n) is 5.20. The van der Waals surface area contributed by atoms with Gasteiger partial charge in [0.15, 0.2) is 10.9 Å². The Morgan fingerprint density at radius 1 is 1.06 bits per heavy atom. The molecule has 34 heavy (non-hydrogen) atoms. The molecule has 0 aliphatic carbocycles. The second kappa shape index (κ2) is 10.8. The van der Waals surface area contributed by atoms with Crippen LogP contribution in [0.2, 0.25) is 0 Å². The largest absolute Gasteiger partial charge is 0.465 e. The lowest BCUT2D eigenvalue weighted by molar-refractivity contribution is 0.0600. The van der Waals surface area contributed by atoms with Gasteiger partial charge in [0.1, 0.15) is 5.76 Å². The Hall–Kier alpha value is -3.21. The van der Waals surface area contributed by atoms with Crippen molar-refractivity contribution in [3.8, 4) is 11.3 Å². The van der Waals surface area contributed by atoms with Crippen LogP contribution in [0, 0.1) is 0 Å². The van der Waals surface area contributed by atoms with Crippen LogP contribution in [0.5, 0.6) is 0 Å². The standard InChI is InChI=1S/C24H22BrN3O5S/c1-31-23(30)16-4-7-19(28-10-12-32-13-11-28)18(14-16)26-24(34)27-22(29)21-9-8-20(33-21)15-2-5-17(25)6-3-15/h2-9,14H,10-13H2,1H3,(H2,26,27,29,34). The summed E-state index contributed by atoms with van der Waals surface area (Å²) in [5.74, 6) is -0.267. The van der Waals surface area contributed by atoms with E-state index in [4.69, 9.17) is 26.1 Å². The number of hydrogen-bond acceptors (Lipinski definition) is 7. The number of carbonyl (C=O) groups excluding carboxylic acids is 2. The molecule has 3 aromatic rings. The molecular weight excluding hydrogens is 522 g/mol. The molecule has 176 valence electrons. The number of rotatable bonds is 5. The number of anilines is 2. The summed E-state index contributed by atoms with van der Waals surface area (Å²) in [6.45, 7) is 2.57. The summed E-state index contributed by atoms with van der Waals surface area (Å²) < 4.78 is 16.9. The Morgan fingerprint density at radius 2 is 1.79 bits per heavy atom. The number of methoxy groups -OCH3 is 1. The molecule has 1 aromatic heterocycles. The maximum Gasteiger partial charge on any atom is 0.337 e. The van der Waals surface area contributed by atoms with Crippen molar-refractivity contribution >= 4 is 56.5 Å². The molecule has 8 nitrogen and oxygen atoms in total. The molecule has 4 rings (SSSR count). The van der Waals surface area contributed by atoms with Crippen molar-refractivity contribution in [3.63, 3.8) is 0 Å². The number of benzene rings is 2. The quantitative estimate of drug-likeness (QED) is 0.360. The zero-order chi connectivity index (χ0) is 24.1. The molecule has 0 saturated carbocycles. The fraction of sp³-hybridized carbons (Fsp3) is 0.208. The summed E-state index contributed by atoms with van der Waals surface area (Å²) in [7, 11) is 1.32. The molecule has 0 radical (unpaired) electrons. The first kappa shape index (κ1) is 23.9. The number of hydrogen-bond donors (Lipinski definition) is 2. The van der Waals surface area contributed by atoms with Crippen LogP contribution >= 0.6 is 28.1 Å². The lowest BCUT2D eigenvalue weighted by Gasteiger charge is -2.31. The number of carbonyl (C=O) groups is 2. The summed E-state index contributed by atoms with van der Waals surface area (Å²) in [5, 5.41) is 5.74. The van der Waals surface area contributed by atoms with E-state index in [1.54, 1.807) is 24.3 Å². The van der Waals surface area contributed by atoms with Crippen molar-refractivity contribution in [1.82, 2.24) is 5.32 Å². The normalized spacial score (nSPS) is 13.3. The predicted octanol–water partition coefficient (Wildman–Crippen LogP) is 4.46. The third kappa shape index (κ3) is 5.64. The molecule has 0 spiro atoms. The van der Waals surface area contributed by atoms with E-state index in [2.05, 4.69) is 31.5 Å². The zero-order valence-corrected chi connectivity index (χ0v) is 20.7. The number of nitrogens with one attached hydrogen (secondary N) is 2. The SMILES string of the molecule is COC(=O)c1ccc(N2CCOCC2)c(NC(=S)NC(=O)c2ccc(-c3ccc(Br)cc3)o2)c1. The first-order valence-corrected chi connectivity index (χ1v) is 11.7. The van der Waals surface area contributed by atoms with Gasteiger partial charge in [-0.05, 0) is 54.7 Å². The van der Waals surface area contributed by atoms with E-state index in [0.717, 1.165) is 15.7 Å². The molecule has 1 aliphatic heterocycles. The first-order valence-electron chi connectivity index (χ1n) is 10.5. The van der Waals surface area contributed by atoms with Crippen molar-refractivity contribution in [1.29, 1.82) is 0 Å². The highest BCUT2D eigenvalue weighted by molar-refractivity contribution is 9.10. The van der Waals surface area contributed by atoms with Gasteiger partial charge in [-0.1, -0.05) is 28.1 Å². The molecule has 0 unspecified atom stereocenters. The summed E-state index contributed by atoms with van der Waals surface area (Å²) in [4.78, 5) is 26.9. The highest BCUT2D eigenvalue weighted by Gasteiger charge is 2.19. The third-order valence-corrected chi connectivity index (χ3v) is 5.94. The van der Waals surface area contributed by atoms with E-state index < -0.39 is 11.9 Å². The summed E-state index contributed by atoms with van der Waals surface area (Å²) in [6.07, 6.45) is 0. The smallest absolute Gasteiger partial charge is 0.337 e. The first-order chi connectivity index (χ1) is 16.4. The Bertz CT molecular complexity index is 1210. The van der Waals surface area contributed by atoms with Crippen LogP contribution in [0.3, 0.4) is 0 Å². The molecule has 10 heteroatoms. The van der Waals surface area contributed by atoms with Gasteiger partial charge in [-0.2, -0.15) is 0 Å². The van der Waals surface area contributed by atoms with Gasteiger partial charge in [0.05, 0.1) is 37.3 Å². The minimum Gasteiger partial charge on any atom is -0.465 e. The van der Waals surface area contributed by atoms with Gasteiger partial charge in [0, 0.05) is 23.1 Å². The van der Waals surface area contributed by atoms with E-state index in [1.807, 2.05) is 30.3 Å². The zero-order valence-electron chi connectivity index (χ0n) is 18.3. The number of nitrogens with zero attached hydrogens (tertiary/aromatic N) is 1. The number of ether oxygens (including phenoxy) is 2. The number of morpholine rings is 1. The van der Waals surface area contributed by atoms with Crippen LogP contribution < -0.4 is 15.5 Å². The van der Waals surface area contributed by atoms with Crippen LogP contribution in [0.4, 0.5) is 11.4 Å². The molecule has 1 saturated heterocycles. The maximum atomic E-state index is 12.7. The van der Waals surface area contributed by atoms with E-state index in [-0.39, 0.29) is 10.9 Å². The van der Waals surface area contributed by atoms with Crippen molar-refractivity contribution in [3.05, 3.63) is 70.4 Å². The van der Waals surface area contributed by atoms with Gasteiger partial charge in [-0.3, -0.25) is 10.1 Å². The van der Waals surface area contributed by atoms with Crippen molar-refractivity contribution in [2.45, 2.75) is 0 Å². The van der Waals surface area contributed by atoms with Gasteiger partial charge in [0.25, 0.3) is 5.91 Å². The molecule has 1 aliphatic rings. The number of furan rings is 1. The van der Waals surface area contributed by atoms with E-state index in [9.17, 15) is 9.59 Å². The Morgan fingerprint density at radius 3 is 2.50 bits per heavy atom. The molecule has 2 aromatic carbocycles. The average Bonchev–Trinajstić information content (AvgIpc) is 3.35. The highest BCUT2D eigenvalue weighted by atomic mass is 79.9. The second-order valence-corrected chi connectivity index (χ2v) is 8.73. The monoisotopic (exact) mass is 543 g/mol. The molecule has 1 fully saturated rings. The molecule has 0 atom stereocenters. The van der Waals surface area contributed by atoms with Gasteiger partial charge in [0.2, 0.25) is 0 Å². The highest BCUT2D eigenvalue weighted by Crippen LogP contribution is 2.29. The van der Waals surface area contributed by atoms with Crippen molar-refractivity contribution in [2.24, 2.45) is 0 Å². The van der Waals surface area contributed by atoms with Crippen molar-refractivity contribution < 1.29 is 23.5 Å². The van der Waals surface area contributed by atoms with Crippen LogP contribution in [0.15, 0.2) is 63.5 Å². The van der Waals surface area contributed by atoms with Gasteiger partial charge in [-0.15, -0.1) is 0 Å². The second-order valence-electron chi connectivity index (χ2n) is 7.40. The minimum absolute atomic E-state index is 0.0723.